The van der Waals surface area contributed by atoms with E-state index < -0.39 is 5.54 Å². The SMILES string of the molecule is CN(CCOc1ccccc1Cl)C(=O)C1(C)CCCN1. The van der Waals surface area contributed by atoms with Crippen LogP contribution in [-0.4, -0.2) is 43.1 Å². The van der Waals surface area contributed by atoms with Crippen molar-refractivity contribution >= 4 is 17.5 Å². The number of amides is 1. The third-order valence-electron chi connectivity index (χ3n) is 3.71. The molecular formula is C15H21ClN2O2. The van der Waals surface area contributed by atoms with Gasteiger partial charge in [-0.3, -0.25) is 4.79 Å². The van der Waals surface area contributed by atoms with Gasteiger partial charge in [-0.25, -0.2) is 0 Å². The quantitative estimate of drug-likeness (QED) is 0.907. The topological polar surface area (TPSA) is 41.6 Å². The van der Waals surface area contributed by atoms with Crippen molar-refractivity contribution in [1.29, 1.82) is 0 Å². The van der Waals surface area contributed by atoms with Crippen LogP contribution >= 0.6 is 11.6 Å². The van der Waals surface area contributed by atoms with Crippen LogP contribution in [0.25, 0.3) is 0 Å². The maximum atomic E-state index is 12.4. The number of carbonyl (C=O) groups excluding carboxylic acids is 1. The van der Waals surface area contributed by atoms with Gasteiger partial charge in [-0.05, 0) is 38.4 Å². The molecule has 1 aliphatic rings. The Balaban J connectivity index is 1.82. The number of ether oxygens (including phenoxy) is 1. The average Bonchev–Trinajstić information content (AvgIpc) is 2.88. The number of hydrogen-bond donors (Lipinski definition) is 1. The van der Waals surface area contributed by atoms with E-state index in [9.17, 15) is 4.79 Å². The van der Waals surface area contributed by atoms with Gasteiger partial charge in [-0.15, -0.1) is 0 Å². The molecule has 0 aliphatic carbocycles. The molecule has 110 valence electrons. The van der Waals surface area contributed by atoms with Crippen molar-refractivity contribution in [3.05, 3.63) is 29.3 Å². The van der Waals surface area contributed by atoms with E-state index >= 15 is 0 Å². The second kappa shape index (κ2) is 6.46. The molecule has 1 aromatic carbocycles. The third-order valence-corrected chi connectivity index (χ3v) is 4.02. The van der Waals surface area contributed by atoms with Crippen molar-refractivity contribution in [3.8, 4) is 5.75 Å². The van der Waals surface area contributed by atoms with Crippen molar-refractivity contribution in [2.45, 2.75) is 25.3 Å². The molecular weight excluding hydrogens is 276 g/mol. The zero-order valence-electron chi connectivity index (χ0n) is 12.0. The van der Waals surface area contributed by atoms with E-state index in [2.05, 4.69) is 5.32 Å². The summed E-state index contributed by atoms with van der Waals surface area (Å²) in [6, 6.07) is 7.34. The number of benzene rings is 1. The Labute approximate surface area is 125 Å². The Morgan fingerprint density at radius 2 is 2.25 bits per heavy atom. The maximum absolute atomic E-state index is 12.4. The number of likely N-dealkylation sites (N-methyl/N-ethyl adjacent to an activating group) is 1. The van der Waals surface area contributed by atoms with E-state index in [4.69, 9.17) is 16.3 Å². The second-order valence-corrected chi connectivity index (χ2v) is 5.78. The number of nitrogens with one attached hydrogen (secondary N) is 1. The fraction of sp³-hybridized carbons (Fsp3) is 0.533. The maximum Gasteiger partial charge on any atom is 0.242 e. The summed E-state index contributed by atoms with van der Waals surface area (Å²) in [6.45, 7) is 3.85. The molecule has 0 saturated carbocycles. The molecule has 1 saturated heterocycles. The van der Waals surface area contributed by atoms with Crippen LogP contribution in [0.2, 0.25) is 5.02 Å². The summed E-state index contributed by atoms with van der Waals surface area (Å²) in [5, 5.41) is 3.87. The van der Waals surface area contributed by atoms with E-state index in [-0.39, 0.29) is 5.91 Å². The summed E-state index contributed by atoms with van der Waals surface area (Å²) < 4.78 is 5.61. The summed E-state index contributed by atoms with van der Waals surface area (Å²) in [4.78, 5) is 14.1. The monoisotopic (exact) mass is 296 g/mol. The minimum atomic E-state index is -0.418. The standard InChI is InChI=1S/C15H21ClN2O2/c1-15(8-5-9-17-15)14(19)18(2)10-11-20-13-7-4-3-6-12(13)16/h3-4,6-7,17H,5,8-11H2,1-2H3. The van der Waals surface area contributed by atoms with Gasteiger partial charge in [0.1, 0.15) is 12.4 Å². The molecule has 1 heterocycles. The fourth-order valence-corrected chi connectivity index (χ4v) is 2.64. The van der Waals surface area contributed by atoms with Crippen LogP contribution in [0.3, 0.4) is 0 Å². The van der Waals surface area contributed by atoms with Crippen molar-refractivity contribution in [2.75, 3.05) is 26.7 Å². The fourth-order valence-electron chi connectivity index (χ4n) is 2.45. The second-order valence-electron chi connectivity index (χ2n) is 5.37. The predicted octanol–water partition coefficient (Wildman–Crippen LogP) is 2.32. The van der Waals surface area contributed by atoms with Crippen molar-refractivity contribution < 1.29 is 9.53 Å². The largest absolute Gasteiger partial charge is 0.490 e. The highest BCUT2D eigenvalue weighted by Crippen LogP contribution is 2.23. The van der Waals surface area contributed by atoms with Gasteiger partial charge in [0.15, 0.2) is 0 Å². The summed E-state index contributed by atoms with van der Waals surface area (Å²) in [5.41, 5.74) is -0.418. The Morgan fingerprint density at radius 1 is 1.50 bits per heavy atom. The summed E-state index contributed by atoms with van der Waals surface area (Å²) in [6.07, 6.45) is 1.94. The van der Waals surface area contributed by atoms with Gasteiger partial charge in [0.2, 0.25) is 5.91 Å². The van der Waals surface area contributed by atoms with Crippen LogP contribution in [-0.2, 0) is 4.79 Å². The normalized spacial score (nSPS) is 21.8. The highest BCUT2D eigenvalue weighted by Gasteiger charge is 2.37. The van der Waals surface area contributed by atoms with Crippen LogP contribution in [0.4, 0.5) is 0 Å². The third kappa shape index (κ3) is 3.44. The van der Waals surface area contributed by atoms with Gasteiger partial charge in [-0.1, -0.05) is 23.7 Å². The van der Waals surface area contributed by atoms with Gasteiger partial charge in [0.25, 0.3) is 0 Å². The molecule has 1 aromatic rings. The highest BCUT2D eigenvalue weighted by atomic mass is 35.5. The van der Waals surface area contributed by atoms with Gasteiger partial charge in [-0.2, -0.15) is 0 Å². The predicted molar refractivity (Wildman–Crippen MR) is 80.2 cm³/mol. The summed E-state index contributed by atoms with van der Waals surface area (Å²) in [7, 11) is 1.81. The average molecular weight is 297 g/mol. The van der Waals surface area contributed by atoms with Gasteiger partial charge < -0.3 is 15.0 Å². The van der Waals surface area contributed by atoms with Crippen molar-refractivity contribution in [2.24, 2.45) is 0 Å². The molecule has 1 unspecified atom stereocenters. The molecule has 5 heteroatoms. The van der Waals surface area contributed by atoms with Crippen LogP contribution in [0.15, 0.2) is 24.3 Å². The number of hydrogen-bond acceptors (Lipinski definition) is 3. The van der Waals surface area contributed by atoms with E-state index in [1.165, 1.54) is 0 Å². The number of halogens is 1. The molecule has 1 N–H and O–H groups in total. The van der Waals surface area contributed by atoms with Gasteiger partial charge in [0.05, 0.1) is 17.1 Å². The van der Waals surface area contributed by atoms with Crippen LogP contribution in [0.5, 0.6) is 5.75 Å². The first-order valence-corrected chi connectivity index (χ1v) is 7.29. The van der Waals surface area contributed by atoms with Crippen LogP contribution < -0.4 is 10.1 Å². The Hall–Kier alpha value is -1.26. The lowest BCUT2D eigenvalue weighted by molar-refractivity contribution is -0.136. The molecule has 0 radical (unpaired) electrons. The first-order valence-electron chi connectivity index (χ1n) is 6.91. The zero-order valence-corrected chi connectivity index (χ0v) is 12.7. The minimum absolute atomic E-state index is 0.123. The van der Waals surface area contributed by atoms with Crippen molar-refractivity contribution in [3.63, 3.8) is 0 Å². The molecule has 0 aromatic heterocycles. The smallest absolute Gasteiger partial charge is 0.242 e. The number of nitrogens with zero attached hydrogens (tertiary/aromatic N) is 1. The van der Waals surface area contributed by atoms with Crippen LogP contribution in [0.1, 0.15) is 19.8 Å². The molecule has 4 nitrogen and oxygen atoms in total. The Bertz CT molecular complexity index is 473. The Kier molecular flexibility index (Phi) is 4.89. The summed E-state index contributed by atoms with van der Waals surface area (Å²) in [5.74, 6) is 0.776. The highest BCUT2D eigenvalue weighted by molar-refractivity contribution is 6.32. The number of rotatable bonds is 5. The first kappa shape index (κ1) is 15.1. The molecule has 1 amide bonds. The van der Waals surface area contributed by atoms with Crippen LogP contribution in [0, 0.1) is 0 Å². The first-order chi connectivity index (χ1) is 9.53. The van der Waals surface area contributed by atoms with Crippen molar-refractivity contribution in [1.82, 2.24) is 10.2 Å². The molecule has 0 spiro atoms. The molecule has 1 fully saturated rings. The number of carbonyl (C=O) groups is 1. The molecule has 1 atom stereocenters. The lowest BCUT2D eigenvalue weighted by atomic mass is 9.99. The van der Waals surface area contributed by atoms with E-state index in [0.717, 1.165) is 19.4 Å². The lowest BCUT2D eigenvalue weighted by Crippen LogP contribution is -2.52. The zero-order chi connectivity index (χ0) is 14.6. The molecule has 1 aliphatic heterocycles. The van der Waals surface area contributed by atoms with E-state index in [0.29, 0.717) is 23.9 Å². The van der Waals surface area contributed by atoms with E-state index in [1.807, 2.05) is 32.2 Å². The lowest BCUT2D eigenvalue weighted by Gasteiger charge is -2.29. The molecule has 2 rings (SSSR count). The Morgan fingerprint density at radius 3 is 2.90 bits per heavy atom. The number of para-hydroxylation sites is 1. The van der Waals surface area contributed by atoms with Gasteiger partial charge in [0, 0.05) is 7.05 Å². The van der Waals surface area contributed by atoms with E-state index in [1.54, 1.807) is 11.0 Å². The molecule has 20 heavy (non-hydrogen) atoms. The minimum Gasteiger partial charge on any atom is -0.490 e. The van der Waals surface area contributed by atoms with Gasteiger partial charge >= 0.3 is 0 Å². The summed E-state index contributed by atoms with van der Waals surface area (Å²) >= 11 is 6.01. The molecule has 0 bridgehead atoms.